The summed E-state index contributed by atoms with van der Waals surface area (Å²) in [7, 11) is 0. The van der Waals surface area contributed by atoms with Gasteiger partial charge in [0.1, 0.15) is 6.26 Å². The Balaban J connectivity index is 1.80. The largest absolute Gasteiger partial charge is 0.430 e. The smallest absolute Gasteiger partial charge is 0.342 e. The highest BCUT2D eigenvalue weighted by Gasteiger charge is 2.58. The van der Waals surface area contributed by atoms with Gasteiger partial charge in [-0.05, 0) is 35.8 Å². The molecule has 0 N–H and O–H groups in total. The van der Waals surface area contributed by atoms with Crippen molar-refractivity contribution >= 4 is 11.8 Å². The number of Topliss-reactive ketones (excluding diaryl/α,β-unsaturated/α-hetero) is 1. The first kappa shape index (κ1) is 14.1. The average molecular weight is 284 g/mol. The van der Waals surface area contributed by atoms with E-state index in [1.807, 2.05) is 13.0 Å². The number of rotatable bonds is 2. The number of ketones is 1. The number of carbonyl (C=O) groups is 2. The van der Waals surface area contributed by atoms with Gasteiger partial charge in [0.25, 0.3) is 0 Å². The zero-order chi connectivity index (χ0) is 15.2. The van der Waals surface area contributed by atoms with Crippen LogP contribution in [0.4, 0.5) is 0 Å². The number of hydrogen-bond acceptors (Lipinski definition) is 3. The molecule has 3 aliphatic carbocycles. The monoisotopic (exact) mass is 284 g/mol. The molecule has 110 valence electrons. The number of hydrogen-bond donors (Lipinski definition) is 0. The molecule has 0 radical (unpaired) electrons. The van der Waals surface area contributed by atoms with E-state index in [0.29, 0.717) is 17.1 Å². The molecule has 0 aromatic heterocycles. The third-order valence-electron chi connectivity index (χ3n) is 5.32. The second kappa shape index (κ2) is 4.83. The maximum absolute atomic E-state index is 12.3. The maximum atomic E-state index is 12.3. The molecule has 0 saturated heterocycles. The molecule has 4 rings (SSSR count). The Kier molecular flexibility index (Phi) is 3.23. The molecule has 0 heterocycles. The average Bonchev–Trinajstić information content (AvgIpc) is 2.48. The lowest BCUT2D eigenvalue weighted by Gasteiger charge is -2.59. The summed E-state index contributed by atoms with van der Waals surface area (Å²) in [4.78, 5) is 24.3. The molecule has 0 unspecified atom stereocenters. The third kappa shape index (κ3) is 2.11. The Morgan fingerprint density at radius 1 is 1.29 bits per heavy atom. The fourth-order valence-corrected chi connectivity index (χ4v) is 3.85. The predicted octanol–water partition coefficient (Wildman–Crippen LogP) is 3.61. The van der Waals surface area contributed by atoms with Crippen molar-refractivity contribution in [2.75, 3.05) is 0 Å². The lowest BCUT2D eigenvalue weighted by atomic mass is 9.44. The molecule has 0 aliphatic heterocycles. The van der Waals surface area contributed by atoms with E-state index in [4.69, 9.17) is 4.74 Å². The summed E-state index contributed by atoms with van der Waals surface area (Å²) >= 11 is 0. The van der Waals surface area contributed by atoms with Gasteiger partial charge in [0.2, 0.25) is 0 Å². The second-order valence-corrected chi connectivity index (χ2v) is 6.71. The van der Waals surface area contributed by atoms with Crippen molar-refractivity contribution in [1.29, 1.82) is 0 Å². The Labute approximate surface area is 125 Å². The van der Waals surface area contributed by atoms with Crippen LogP contribution in [0.2, 0.25) is 0 Å². The Morgan fingerprint density at radius 3 is 2.57 bits per heavy atom. The maximum Gasteiger partial charge on any atom is 0.342 e. The highest BCUT2D eigenvalue weighted by molar-refractivity contribution is 6.00. The van der Waals surface area contributed by atoms with Crippen LogP contribution in [0.1, 0.15) is 37.6 Å². The lowest BCUT2D eigenvalue weighted by molar-refractivity contribution is -0.140. The van der Waals surface area contributed by atoms with E-state index in [2.05, 4.69) is 13.8 Å². The topological polar surface area (TPSA) is 43.4 Å². The minimum absolute atomic E-state index is 0.0201. The van der Waals surface area contributed by atoms with Crippen molar-refractivity contribution in [2.45, 2.75) is 27.2 Å². The Hall–Kier alpha value is -1.90. The molecule has 21 heavy (non-hydrogen) atoms. The quantitative estimate of drug-likeness (QED) is 0.473. The van der Waals surface area contributed by atoms with E-state index >= 15 is 0 Å². The van der Waals surface area contributed by atoms with Crippen LogP contribution in [0, 0.1) is 23.2 Å². The van der Waals surface area contributed by atoms with Crippen molar-refractivity contribution in [3.63, 3.8) is 0 Å². The van der Waals surface area contributed by atoms with Gasteiger partial charge in [0.05, 0.1) is 5.56 Å². The van der Waals surface area contributed by atoms with E-state index in [-0.39, 0.29) is 23.0 Å². The standard InChI is InChI=1S/C18H20O3/c1-11-14-9-15(18(14,2)3)13(16(11)19)10-21-17(20)12-7-5-4-6-8-12/h4-8,10-11,14-15H,9H2,1-3H3/b13-10+/t11-,14+,15-/m0/s1. The van der Waals surface area contributed by atoms with Crippen LogP contribution in [0.25, 0.3) is 0 Å². The predicted molar refractivity (Wildman–Crippen MR) is 79.5 cm³/mol. The molecule has 3 aliphatic rings. The van der Waals surface area contributed by atoms with Crippen molar-refractivity contribution in [3.05, 3.63) is 47.7 Å². The zero-order valence-electron chi connectivity index (χ0n) is 12.6. The van der Waals surface area contributed by atoms with Gasteiger partial charge in [-0.1, -0.05) is 39.0 Å². The fourth-order valence-electron chi connectivity index (χ4n) is 3.85. The third-order valence-corrected chi connectivity index (χ3v) is 5.32. The van der Waals surface area contributed by atoms with E-state index in [1.165, 1.54) is 6.26 Å². The van der Waals surface area contributed by atoms with Gasteiger partial charge < -0.3 is 4.74 Å². The van der Waals surface area contributed by atoms with Gasteiger partial charge in [-0.3, -0.25) is 4.79 Å². The van der Waals surface area contributed by atoms with Crippen molar-refractivity contribution in [3.8, 4) is 0 Å². The van der Waals surface area contributed by atoms with E-state index < -0.39 is 5.97 Å². The molecule has 3 atom stereocenters. The lowest BCUT2D eigenvalue weighted by Crippen LogP contribution is -2.56. The van der Waals surface area contributed by atoms with Crippen molar-refractivity contribution in [2.24, 2.45) is 23.2 Å². The summed E-state index contributed by atoms with van der Waals surface area (Å²) in [6.45, 7) is 6.38. The normalized spacial score (nSPS) is 31.7. The number of esters is 1. The second-order valence-electron chi connectivity index (χ2n) is 6.71. The van der Waals surface area contributed by atoms with Gasteiger partial charge >= 0.3 is 5.97 Å². The summed E-state index contributed by atoms with van der Waals surface area (Å²) in [6.07, 6.45) is 2.42. The van der Waals surface area contributed by atoms with Crippen LogP contribution in [0.3, 0.4) is 0 Å². The van der Waals surface area contributed by atoms with E-state index in [9.17, 15) is 9.59 Å². The first-order chi connectivity index (χ1) is 9.93. The Morgan fingerprint density at radius 2 is 1.95 bits per heavy atom. The molecule has 3 saturated carbocycles. The number of benzene rings is 1. The summed E-state index contributed by atoms with van der Waals surface area (Å²) in [5.74, 6) is 0.415. The summed E-state index contributed by atoms with van der Waals surface area (Å²) in [5.41, 5.74) is 1.30. The summed E-state index contributed by atoms with van der Waals surface area (Å²) < 4.78 is 5.25. The van der Waals surface area contributed by atoms with Crippen LogP contribution >= 0.6 is 0 Å². The van der Waals surface area contributed by atoms with Crippen LogP contribution < -0.4 is 0 Å². The SMILES string of the molecule is C[C@@H]1C(=O)/C(=C/OC(=O)c2ccccc2)[C@@H]2C[C@H]1C2(C)C. The van der Waals surface area contributed by atoms with Gasteiger partial charge in [-0.2, -0.15) is 0 Å². The molecule has 2 bridgehead atoms. The molecule has 1 aromatic carbocycles. The van der Waals surface area contributed by atoms with E-state index in [1.54, 1.807) is 24.3 Å². The number of carbonyl (C=O) groups excluding carboxylic acids is 2. The molecular formula is C18H20O3. The van der Waals surface area contributed by atoms with Gasteiger partial charge in [-0.25, -0.2) is 4.79 Å². The Bertz CT molecular complexity index is 613. The molecule has 0 amide bonds. The van der Waals surface area contributed by atoms with Crippen LogP contribution in [0.5, 0.6) is 0 Å². The molecule has 0 spiro atoms. The van der Waals surface area contributed by atoms with Gasteiger partial charge in [-0.15, -0.1) is 0 Å². The summed E-state index contributed by atoms with van der Waals surface area (Å²) in [6, 6.07) is 8.83. The van der Waals surface area contributed by atoms with Crippen LogP contribution in [-0.4, -0.2) is 11.8 Å². The first-order valence-corrected chi connectivity index (χ1v) is 7.43. The minimum atomic E-state index is -0.414. The molecule has 1 aromatic rings. The van der Waals surface area contributed by atoms with Crippen molar-refractivity contribution in [1.82, 2.24) is 0 Å². The molecule has 3 fully saturated rings. The number of fused-ring (bicyclic) bond motifs is 2. The highest BCUT2D eigenvalue weighted by Crippen LogP contribution is 2.61. The van der Waals surface area contributed by atoms with Crippen molar-refractivity contribution < 1.29 is 14.3 Å². The van der Waals surface area contributed by atoms with Crippen LogP contribution in [0.15, 0.2) is 42.2 Å². The summed E-state index contributed by atoms with van der Waals surface area (Å²) in [5, 5.41) is 0. The first-order valence-electron chi connectivity index (χ1n) is 7.43. The number of allylic oxidation sites excluding steroid dienone is 1. The number of ether oxygens (including phenoxy) is 1. The molecular weight excluding hydrogens is 264 g/mol. The van der Waals surface area contributed by atoms with Gasteiger partial charge in [0, 0.05) is 11.5 Å². The zero-order valence-corrected chi connectivity index (χ0v) is 12.6. The molecule has 3 nitrogen and oxygen atoms in total. The minimum Gasteiger partial charge on any atom is -0.430 e. The van der Waals surface area contributed by atoms with Crippen LogP contribution in [-0.2, 0) is 9.53 Å². The molecule has 3 heteroatoms. The van der Waals surface area contributed by atoms with Gasteiger partial charge in [0.15, 0.2) is 5.78 Å². The van der Waals surface area contributed by atoms with E-state index in [0.717, 1.165) is 6.42 Å². The highest BCUT2D eigenvalue weighted by atomic mass is 16.5. The fraction of sp³-hybridized carbons (Fsp3) is 0.444.